The Hall–Kier alpha value is -7.43. The van der Waals surface area contributed by atoms with Crippen LogP contribution in [0, 0.1) is 11.6 Å². The van der Waals surface area contributed by atoms with Gasteiger partial charge in [-0.2, -0.15) is 0 Å². The number of ether oxygens (including phenoxy) is 4. The van der Waals surface area contributed by atoms with Crippen molar-refractivity contribution in [2.24, 2.45) is 11.5 Å². The summed E-state index contributed by atoms with van der Waals surface area (Å²) in [6.07, 6.45) is -3.34. The third-order valence-corrected chi connectivity index (χ3v) is 10.5. The van der Waals surface area contributed by atoms with Gasteiger partial charge in [-0.1, -0.05) is 23.2 Å². The molecule has 2 heterocycles. The van der Waals surface area contributed by atoms with Crippen LogP contribution < -0.4 is 41.5 Å². The minimum Gasteiger partial charge on any atom is -0.456 e. The number of primary amides is 2. The largest absolute Gasteiger partial charge is 0.573 e. The lowest BCUT2D eigenvalue weighted by molar-refractivity contribution is -0.275. The van der Waals surface area contributed by atoms with Crippen molar-refractivity contribution in [1.29, 1.82) is 0 Å². The molecule has 2 fully saturated rings. The summed E-state index contributed by atoms with van der Waals surface area (Å²) in [6.45, 7) is 0. The summed E-state index contributed by atoms with van der Waals surface area (Å²) in [5, 5.41) is 1.12. The normalized spacial score (nSPS) is 13.1. The third-order valence-electron chi connectivity index (χ3n) is 9.68. The van der Waals surface area contributed by atoms with Gasteiger partial charge in [-0.25, -0.2) is 8.78 Å². The second-order valence-corrected chi connectivity index (χ2v) is 16.3. The van der Waals surface area contributed by atoms with E-state index in [-0.39, 0.29) is 61.3 Å². The number of hydrogen-bond acceptors (Lipinski definition) is 11. The summed E-state index contributed by atoms with van der Waals surface area (Å²) in [7, 11) is 0. The number of alkyl halides is 6. The molecule has 2 aliphatic carbocycles. The first-order valence-electron chi connectivity index (χ1n) is 20.3. The summed E-state index contributed by atoms with van der Waals surface area (Å²) in [5.41, 5.74) is 16.6. The Morgan fingerprint density at radius 1 is 0.577 bits per heavy atom. The smallest absolute Gasteiger partial charge is 0.456 e. The number of aromatic nitrogens is 2. The Kier molecular flexibility index (Phi) is 16.5. The van der Waals surface area contributed by atoms with Crippen molar-refractivity contribution < 1.29 is 73.2 Å². The molecular weight excluding hydrogens is 1020 g/mol. The first-order chi connectivity index (χ1) is 33.3. The van der Waals surface area contributed by atoms with E-state index >= 15 is 0 Å². The summed E-state index contributed by atoms with van der Waals surface area (Å²) in [4.78, 5) is 54.8. The zero-order valence-corrected chi connectivity index (χ0v) is 38.0. The van der Waals surface area contributed by atoms with Crippen LogP contribution in [0.15, 0.2) is 97.3 Å². The number of hydrogen-bond donors (Lipinski definition) is 4. The number of nitrogen functional groups attached to an aromatic ring is 1. The van der Waals surface area contributed by atoms with Gasteiger partial charge < -0.3 is 41.5 Å². The Labute approximate surface area is 410 Å². The number of nitrogens with zero attached hydrogens (tertiary/aromatic N) is 2. The summed E-state index contributed by atoms with van der Waals surface area (Å²) >= 11 is 17.2. The molecule has 0 aliphatic heterocycles. The van der Waals surface area contributed by atoms with E-state index in [4.69, 9.17) is 61.5 Å². The first kappa shape index (κ1) is 52.9. The van der Waals surface area contributed by atoms with E-state index in [1.54, 1.807) is 12.1 Å². The van der Waals surface area contributed by atoms with Crippen LogP contribution in [-0.4, -0.2) is 45.7 Å². The lowest BCUT2D eigenvalue weighted by Gasteiger charge is -2.15. The van der Waals surface area contributed by atoms with Crippen LogP contribution in [0.25, 0.3) is 0 Å². The zero-order chi connectivity index (χ0) is 51.9. The lowest BCUT2D eigenvalue weighted by atomic mass is 10.1. The highest BCUT2D eigenvalue weighted by Gasteiger charge is 2.34. The molecule has 2 aliphatic rings. The number of pyridine rings is 2. The van der Waals surface area contributed by atoms with Crippen molar-refractivity contribution in [3.05, 3.63) is 153 Å². The fraction of sp³-hybridized carbons (Fsp3) is 0.174. The van der Waals surface area contributed by atoms with Gasteiger partial charge in [0.25, 0.3) is 23.0 Å². The highest BCUT2D eigenvalue weighted by atomic mass is 35.5. The minimum atomic E-state index is -4.92. The van der Waals surface area contributed by atoms with E-state index in [0.29, 0.717) is 17.3 Å². The van der Waals surface area contributed by atoms with Gasteiger partial charge in [-0.3, -0.25) is 29.1 Å². The molecule has 71 heavy (non-hydrogen) atoms. The molecule has 25 heteroatoms. The molecule has 0 radical (unpaired) electrons. The number of amides is 3. The van der Waals surface area contributed by atoms with Gasteiger partial charge in [-0.15, -0.1) is 26.3 Å². The Balaban J connectivity index is 0.000000198. The molecular formula is C46H33Cl3F8N6O8. The monoisotopic (exact) mass is 1050 g/mol. The third kappa shape index (κ3) is 15.3. The number of carbonyl (C=O) groups is 4. The number of rotatable bonds is 13. The van der Waals surface area contributed by atoms with Crippen molar-refractivity contribution >= 4 is 69.1 Å². The molecule has 0 atom stereocenters. The lowest BCUT2D eigenvalue weighted by Crippen LogP contribution is -2.17. The minimum absolute atomic E-state index is 0.0221. The summed E-state index contributed by atoms with van der Waals surface area (Å²) in [6, 6.07) is 16.9. The Morgan fingerprint density at radius 3 is 1.42 bits per heavy atom. The summed E-state index contributed by atoms with van der Waals surface area (Å²) < 4.78 is 120. The fourth-order valence-corrected chi connectivity index (χ4v) is 6.64. The SMILES string of the molecule is NC(=O)c1cc(N)ccc1F.NC(=O)c1cc(NC(=O)c2cnc(C3CC3)cc2Oc2ccc(OC(F)(F)F)c(Cl)c2)ccc1F.O=C(Cl)c1cnc(C2CC2)cc1Oc1ccc(OC(F)(F)F)c(Cl)c1. The van der Waals surface area contributed by atoms with Gasteiger partial charge in [-0.05, 0) is 97.9 Å². The number of carbonyl (C=O) groups excluding carboxylic acids is 4. The predicted molar refractivity (Wildman–Crippen MR) is 241 cm³/mol. The average Bonchev–Trinajstić information content (AvgIpc) is 4.22. The highest BCUT2D eigenvalue weighted by Crippen LogP contribution is 2.43. The molecule has 0 spiro atoms. The van der Waals surface area contributed by atoms with Gasteiger partial charge in [0.05, 0.1) is 26.7 Å². The van der Waals surface area contributed by atoms with E-state index in [2.05, 4.69) is 24.8 Å². The molecule has 14 nitrogen and oxygen atoms in total. The van der Waals surface area contributed by atoms with Crippen LogP contribution >= 0.6 is 34.8 Å². The van der Waals surface area contributed by atoms with E-state index in [1.807, 2.05) is 0 Å². The molecule has 4 aromatic carbocycles. The Morgan fingerprint density at radius 2 is 1.01 bits per heavy atom. The number of nitrogens with one attached hydrogen (secondary N) is 1. The van der Waals surface area contributed by atoms with E-state index in [0.717, 1.165) is 73.8 Å². The predicted octanol–water partition coefficient (Wildman–Crippen LogP) is 12.0. The number of nitrogens with two attached hydrogens (primary N) is 3. The van der Waals surface area contributed by atoms with Crippen molar-refractivity contribution in [3.8, 4) is 34.5 Å². The molecule has 6 aromatic rings. The van der Waals surface area contributed by atoms with Gasteiger partial charge in [0.15, 0.2) is 0 Å². The molecule has 8 rings (SSSR count). The van der Waals surface area contributed by atoms with Crippen LogP contribution in [0.3, 0.4) is 0 Å². The number of halogens is 11. The Bertz CT molecular complexity index is 3010. The standard InChI is InChI=1S/C23H16ClF4N3O4.C16H10Cl2F3NO3.C7H7FN2O/c24-16-8-13(4-6-19(16)35-23(26,27)28)34-20-9-18(11-1-2-11)30-10-15(20)22(33)31-12-3-5-17(25)14(7-12)21(29)32;17-11-5-9(3-4-13(11)25-16(19,20)21)24-14-6-12(8-1-2-8)22-7-10(14)15(18)23;8-6-2-1-4(9)3-5(6)7(10)11/h3-11H,1-2H2,(H2,29,32)(H,31,33);3-8H,1-2H2;1-3H,9H2,(H2,10,11). The number of anilines is 2. The van der Waals surface area contributed by atoms with Gasteiger partial charge >= 0.3 is 12.7 Å². The zero-order valence-electron chi connectivity index (χ0n) is 35.8. The van der Waals surface area contributed by atoms with Crippen LogP contribution in [0.2, 0.25) is 10.0 Å². The second kappa shape index (κ2) is 22.1. The molecule has 7 N–H and O–H groups in total. The quantitative estimate of drug-likeness (QED) is 0.0484. The van der Waals surface area contributed by atoms with E-state index in [1.165, 1.54) is 42.7 Å². The van der Waals surface area contributed by atoms with Crippen LogP contribution in [0.5, 0.6) is 34.5 Å². The summed E-state index contributed by atoms with van der Waals surface area (Å²) in [5.74, 6) is -4.24. The first-order valence-corrected chi connectivity index (χ1v) is 21.4. The van der Waals surface area contributed by atoms with Crippen LogP contribution in [-0.2, 0) is 0 Å². The maximum atomic E-state index is 13.7. The van der Waals surface area contributed by atoms with Gasteiger partial charge in [0, 0.05) is 71.3 Å². The second-order valence-electron chi connectivity index (χ2n) is 15.1. The van der Waals surface area contributed by atoms with E-state index < -0.39 is 64.4 Å². The van der Waals surface area contributed by atoms with Gasteiger partial charge in [0.1, 0.15) is 51.7 Å². The van der Waals surface area contributed by atoms with Crippen molar-refractivity contribution in [2.75, 3.05) is 11.1 Å². The van der Waals surface area contributed by atoms with Crippen molar-refractivity contribution in [3.63, 3.8) is 0 Å². The van der Waals surface area contributed by atoms with Crippen LogP contribution in [0.4, 0.5) is 46.5 Å². The molecule has 3 amide bonds. The molecule has 0 unspecified atom stereocenters. The highest BCUT2D eigenvalue weighted by molar-refractivity contribution is 6.68. The molecule has 0 bridgehead atoms. The maximum absolute atomic E-state index is 13.7. The van der Waals surface area contributed by atoms with Crippen LogP contribution in [0.1, 0.15) is 90.3 Å². The van der Waals surface area contributed by atoms with Crippen molar-refractivity contribution in [1.82, 2.24) is 9.97 Å². The molecule has 0 saturated heterocycles. The molecule has 372 valence electrons. The number of benzene rings is 4. The average molecular weight is 1060 g/mol. The molecule has 2 aromatic heterocycles. The van der Waals surface area contributed by atoms with Crippen molar-refractivity contribution in [2.45, 2.75) is 50.2 Å². The fourth-order valence-electron chi connectivity index (χ4n) is 6.08. The maximum Gasteiger partial charge on any atom is 0.573 e. The molecule has 2 saturated carbocycles. The van der Waals surface area contributed by atoms with E-state index in [9.17, 15) is 54.3 Å². The topological polar surface area (TPSA) is 221 Å². The van der Waals surface area contributed by atoms with Gasteiger partial charge in [0.2, 0.25) is 0 Å².